The van der Waals surface area contributed by atoms with E-state index in [-0.39, 0.29) is 5.65 Å². The number of imidazole rings is 1. The van der Waals surface area contributed by atoms with Crippen molar-refractivity contribution >= 4 is 11.2 Å². The number of alkyl halides is 3. The number of rotatable bonds is 1. The zero-order chi connectivity index (χ0) is 11.1. The van der Waals surface area contributed by atoms with Crippen molar-refractivity contribution in [3.05, 3.63) is 23.7 Å². The van der Waals surface area contributed by atoms with Crippen LogP contribution in [-0.4, -0.2) is 15.0 Å². The molecular weight excluding hydrogens is 207 g/mol. The predicted molar refractivity (Wildman–Crippen MR) is 48.3 cm³/mol. The van der Waals surface area contributed by atoms with E-state index in [0.29, 0.717) is 17.8 Å². The molecule has 1 N–H and O–H groups in total. The summed E-state index contributed by atoms with van der Waals surface area (Å²) >= 11 is 0. The molecule has 0 aromatic carbocycles. The summed E-state index contributed by atoms with van der Waals surface area (Å²) in [5, 5.41) is 0. The number of H-pyrrole nitrogens is 1. The number of nitrogens with one attached hydrogen (secondary N) is 1. The van der Waals surface area contributed by atoms with Gasteiger partial charge in [0.15, 0.2) is 5.65 Å². The summed E-state index contributed by atoms with van der Waals surface area (Å²) in [4.78, 5) is 10.3. The number of aromatic nitrogens is 3. The monoisotopic (exact) mass is 215 g/mol. The van der Waals surface area contributed by atoms with Gasteiger partial charge >= 0.3 is 6.18 Å². The van der Waals surface area contributed by atoms with Gasteiger partial charge in [-0.15, -0.1) is 0 Å². The van der Waals surface area contributed by atoms with Gasteiger partial charge in [-0.2, -0.15) is 13.2 Å². The van der Waals surface area contributed by atoms with Gasteiger partial charge in [-0.25, -0.2) is 9.97 Å². The molecule has 80 valence electrons. The number of nitrogens with zero attached hydrogens (tertiary/aromatic N) is 2. The fraction of sp³-hybridized carbons (Fsp3) is 0.333. The largest absolute Gasteiger partial charge is 0.433 e. The Kier molecular flexibility index (Phi) is 2.13. The van der Waals surface area contributed by atoms with Gasteiger partial charge in [0.1, 0.15) is 11.5 Å². The van der Waals surface area contributed by atoms with Crippen LogP contribution >= 0.6 is 0 Å². The quantitative estimate of drug-likeness (QED) is 0.794. The van der Waals surface area contributed by atoms with Crippen molar-refractivity contribution in [3.63, 3.8) is 0 Å². The summed E-state index contributed by atoms with van der Waals surface area (Å²) in [5.41, 5.74) is -0.273. The molecule has 0 unspecified atom stereocenters. The minimum Gasteiger partial charge on any atom is -0.341 e. The zero-order valence-corrected chi connectivity index (χ0v) is 7.89. The average Bonchev–Trinajstić information content (AvgIpc) is 2.57. The summed E-state index contributed by atoms with van der Waals surface area (Å²) < 4.78 is 36.9. The fourth-order valence-electron chi connectivity index (χ4n) is 1.27. The second-order valence-corrected chi connectivity index (χ2v) is 3.10. The summed E-state index contributed by atoms with van der Waals surface area (Å²) in [6.45, 7) is 1.86. The Labute approximate surface area is 83.4 Å². The maximum Gasteiger partial charge on any atom is 0.433 e. The fourth-order valence-corrected chi connectivity index (χ4v) is 1.27. The summed E-state index contributed by atoms with van der Waals surface area (Å²) in [6.07, 6.45) is -3.78. The molecule has 0 saturated carbocycles. The van der Waals surface area contributed by atoms with E-state index in [2.05, 4.69) is 15.0 Å². The Morgan fingerprint density at radius 1 is 1.27 bits per heavy atom. The zero-order valence-electron chi connectivity index (χ0n) is 7.89. The van der Waals surface area contributed by atoms with Crippen LogP contribution in [0.3, 0.4) is 0 Å². The Balaban J connectivity index is 2.55. The van der Waals surface area contributed by atoms with Gasteiger partial charge in [0.25, 0.3) is 0 Å². The molecule has 2 rings (SSSR count). The molecule has 0 aliphatic heterocycles. The van der Waals surface area contributed by atoms with Crippen LogP contribution in [0.5, 0.6) is 0 Å². The van der Waals surface area contributed by atoms with Crippen LogP contribution in [-0.2, 0) is 12.6 Å². The van der Waals surface area contributed by atoms with E-state index in [1.165, 1.54) is 6.07 Å². The van der Waals surface area contributed by atoms with Crippen LogP contribution < -0.4 is 0 Å². The van der Waals surface area contributed by atoms with Gasteiger partial charge in [0.2, 0.25) is 0 Å². The summed E-state index contributed by atoms with van der Waals surface area (Å²) in [5.74, 6) is 0.636. The lowest BCUT2D eigenvalue weighted by molar-refractivity contribution is -0.141. The molecule has 0 radical (unpaired) electrons. The number of pyridine rings is 1. The van der Waals surface area contributed by atoms with Gasteiger partial charge in [0, 0.05) is 6.42 Å². The van der Waals surface area contributed by atoms with Crippen molar-refractivity contribution in [3.8, 4) is 0 Å². The van der Waals surface area contributed by atoms with Gasteiger partial charge < -0.3 is 4.98 Å². The Morgan fingerprint density at radius 3 is 2.60 bits per heavy atom. The molecular formula is C9H8F3N3. The molecule has 6 heteroatoms. The highest BCUT2D eigenvalue weighted by Gasteiger charge is 2.32. The molecule has 3 nitrogen and oxygen atoms in total. The number of hydrogen-bond acceptors (Lipinski definition) is 2. The molecule has 0 atom stereocenters. The normalized spacial score (nSPS) is 12.3. The topological polar surface area (TPSA) is 41.6 Å². The lowest BCUT2D eigenvalue weighted by Gasteiger charge is -2.03. The molecule has 0 spiro atoms. The number of aryl methyl sites for hydroxylation is 1. The van der Waals surface area contributed by atoms with E-state index in [1.807, 2.05) is 6.92 Å². The SMILES string of the molecule is CCc1nc2nc(C(F)(F)F)ccc2[nH]1. The Hall–Kier alpha value is -1.59. The number of hydrogen-bond donors (Lipinski definition) is 1. The molecule has 0 aliphatic carbocycles. The van der Waals surface area contributed by atoms with Gasteiger partial charge in [0.05, 0.1) is 5.52 Å². The Bertz CT molecular complexity index is 487. The first-order chi connectivity index (χ1) is 7.00. The van der Waals surface area contributed by atoms with E-state index >= 15 is 0 Å². The lowest BCUT2D eigenvalue weighted by Crippen LogP contribution is -2.07. The third-order valence-electron chi connectivity index (χ3n) is 2.02. The van der Waals surface area contributed by atoms with Gasteiger partial charge in [-0.3, -0.25) is 0 Å². The highest BCUT2D eigenvalue weighted by atomic mass is 19.4. The van der Waals surface area contributed by atoms with E-state index in [0.717, 1.165) is 6.07 Å². The first kappa shape index (κ1) is 9.95. The Morgan fingerprint density at radius 2 is 2.00 bits per heavy atom. The minimum atomic E-state index is -4.42. The van der Waals surface area contributed by atoms with Crippen molar-refractivity contribution in [1.29, 1.82) is 0 Å². The number of aromatic amines is 1. The molecule has 2 heterocycles. The molecule has 0 saturated heterocycles. The van der Waals surface area contributed by atoms with Crippen molar-refractivity contribution < 1.29 is 13.2 Å². The summed E-state index contributed by atoms with van der Waals surface area (Å²) in [7, 11) is 0. The first-order valence-corrected chi connectivity index (χ1v) is 4.43. The molecule has 2 aromatic rings. The maximum absolute atomic E-state index is 12.3. The maximum atomic E-state index is 12.3. The third-order valence-corrected chi connectivity index (χ3v) is 2.02. The standard InChI is InChI=1S/C9H8F3N3/c1-2-7-13-5-3-4-6(9(10,11)12)14-8(5)15-7/h3-4H,2H2,1H3,(H,13,14,15). The van der Waals surface area contributed by atoms with Crippen LogP contribution in [0.2, 0.25) is 0 Å². The second-order valence-electron chi connectivity index (χ2n) is 3.10. The van der Waals surface area contributed by atoms with Gasteiger partial charge in [-0.05, 0) is 12.1 Å². The second kappa shape index (κ2) is 3.22. The van der Waals surface area contributed by atoms with Crippen molar-refractivity contribution in [1.82, 2.24) is 15.0 Å². The molecule has 0 amide bonds. The smallest absolute Gasteiger partial charge is 0.341 e. The highest BCUT2D eigenvalue weighted by molar-refractivity contribution is 5.70. The van der Waals surface area contributed by atoms with Crippen LogP contribution in [0.1, 0.15) is 18.4 Å². The van der Waals surface area contributed by atoms with Crippen LogP contribution in [0, 0.1) is 0 Å². The average molecular weight is 215 g/mol. The molecule has 0 aliphatic rings. The van der Waals surface area contributed by atoms with E-state index in [4.69, 9.17) is 0 Å². The highest BCUT2D eigenvalue weighted by Crippen LogP contribution is 2.28. The number of fused-ring (bicyclic) bond motifs is 1. The molecule has 15 heavy (non-hydrogen) atoms. The summed E-state index contributed by atoms with van der Waals surface area (Å²) in [6, 6.07) is 2.29. The van der Waals surface area contributed by atoms with Crippen molar-refractivity contribution in [2.75, 3.05) is 0 Å². The predicted octanol–water partition coefficient (Wildman–Crippen LogP) is 2.54. The minimum absolute atomic E-state index is 0.113. The third kappa shape index (κ3) is 1.79. The number of halogens is 3. The molecule has 0 fully saturated rings. The van der Waals surface area contributed by atoms with Crippen LogP contribution in [0.15, 0.2) is 12.1 Å². The van der Waals surface area contributed by atoms with E-state index in [9.17, 15) is 13.2 Å². The van der Waals surface area contributed by atoms with Crippen LogP contribution in [0.25, 0.3) is 11.2 Å². The van der Waals surface area contributed by atoms with E-state index in [1.54, 1.807) is 0 Å². The molecule has 2 aromatic heterocycles. The van der Waals surface area contributed by atoms with Gasteiger partial charge in [-0.1, -0.05) is 6.92 Å². The van der Waals surface area contributed by atoms with Crippen molar-refractivity contribution in [2.24, 2.45) is 0 Å². The van der Waals surface area contributed by atoms with Crippen LogP contribution in [0.4, 0.5) is 13.2 Å². The van der Waals surface area contributed by atoms with E-state index < -0.39 is 11.9 Å². The lowest BCUT2D eigenvalue weighted by atomic mass is 10.3. The molecule has 0 bridgehead atoms. The van der Waals surface area contributed by atoms with Crippen molar-refractivity contribution in [2.45, 2.75) is 19.5 Å². The first-order valence-electron chi connectivity index (χ1n) is 4.43.